The molecule has 0 saturated heterocycles. The van der Waals surface area contributed by atoms with Crippen molar-refractivity contribution in [3.63, 3.8) is 0 Å². The quantitative estimate of drug-likeness (QED) is 0.842. The molecule has 0 bridgehead atoms. The summed E-state index contributed by atoms with van der Waals surface area (Å²) in [6.45, 7) is 0.419. The van der Waals surface area contributed by atoms with Gasteiger partial charge in [0.1, 0.15) is 5.15 Å². The maximum Gasteiger partial charge on any atom is 0.240 e. The van der Waals surface area contributed by atoms with Crippen molar-refractivity contribution >= 4 is 21.6 Å². The number of hydrogen-bond donors (Lipinski definition) is 1. The van der Waals surface area contributed by atoms with Gasteiger partial charge in [-0.05, 0) is 39.1 Å². The molecule has 20 heavy (non-hydrogen) atoms. The average Bonchev–Trinajstić information content (AvgIpc) is 2.87. The molecule has 0 atom stereocenters. The van der Waals surface area contributed by atoms with Gasteiger partial charge in [-0.1, -0.05) is 24.4 Å². The summed E-state index contributed by atoms with van der Waals surface area (Å²) in [6, 6.07) is 2.81. The first-order valence-corrected chi connectivity index (χ1v) is 8.51. The first-order chi connectivity index (χ1) is 9.36. The van der Waals surface area contributed by atoms with E-state index in [2.05, 4.69) is 14.6 Å². The fourth-order valence-electron chi connectivity index (χ4n) is 2.68. The van der Waals surface area contributed by atoms with Crippen molar-refractivity contribution in [1.29, 1.82) is 0 Å². The topological polar surface area (TPSA) is 62.3 Å². The normalized spacial score (nSPS) is 18.6. The molecular formula is C13H20ClN3O2S. The fraction of sp³-hybridized carbons (Fsp3) is 0.615. The number of pyridine rings is 1. The zero-order valence-corrected chi connectivity index (χ0v) is 13.3. The first-order valence-electron chi connectivity index (χ1n) is 6.64. The highest BCUT2D eigenvalue weighted by molar-refractivity contribution is 7.89. The molecule has 0 radical (unpaired) electrons. The lowest BCUT2D eigenvalue weighted by atomic mass is 9.97. The van der Waals surface area contributed by atoms with Gasteiger partial charge in [0.25, 0.3) is 0 Å². The summed E-state index contributed by atoms with van der Waals surface area (Å²) in [6.07, 6.45) is 5.70. The molecule has 0 unspecified atom stereocenters. The van der Waals surface area contributed by atoms with Gasteiger partial charge in [-0.25, -0.2) is 18.1 Å². The van der Waals surface area contributed by atoms with Gasteiger partial charge in [-0.2, -0.15) is 0 Å². The molecule has 1 aliphatic rings. The van der Waals surface area contributed by atoms with Crippen molar-refractivity contribution in [2.75, 3.05) is 20.6 Å². The van der Waals surface area contributed by atoms with E-state index < -0.39 is 10.0 Å². The highest BCUT2D eigenvalue weighted by Crippen LogP contribution is 2.33. The Hall–Kier alpha value is -0.690. The number of rotatable bonds is 5. The van der Waals surface area contributed by atoms with E-state index in [0.29, 0.717) is 6.54 Å². The Morgan fingerprint density at radius 2 is 2.05 bits per heavy atom. The SMILES string of the molecule is CN(C)C1(CNS(=O)(=O)c2ccnc(Cl)c2)CCCC1. The second kappa shape index (κ2) is 5.97. The van der Waals surface area contributed by atoms with Gasteiger partial charge in [0, 0.05) is 18.3 Å². The molecule has 0 aromatic carbocycles. The van der Waals surface area contributed by atoms with Gasteiger partial charge in [-0.15, -0.1) is 0 Å². The Bertz CT molecular complexity index is 569. The molecule has 112 valence electrons. The second-order valence-corrected chi connectivity index (χ2v) is 7.62. The number of nitrogens with zero attached hydrogens (tertiary/aromatic N) is 2. The zero-order chi connectivity index (χ0) is 14.8. The number of hydrogen-bond acceptors (Lipinski definition) is 4. The van der Waals surface area contributed by atoms with Crippen LogP contribution in [0.15, 0.2) is 23.2 Å². The maximum atomic E-state index is 12.3. The van der Waals surface area contributed by atoms with Crippen molar-refractivity contribution in [1.82, 2.24) is 14.6 Å². The maximum absolute atomic E-state index is 12.3. The minimum Gasteiger partial charge on any atom is -0.302 e. The third kappa shape index (κ3) is 3.31. The largest absolute Gasteiger partial charge is 0.302 e. The van der Waals surface area contributed by atoms with Crippen LogP contribution >= 0.6 is 11.6 Å². The molecule has 0 aliphatic heterocycles. The molecule has 2 rings (SSSR count). The van der Waals surface area contributed by atoms with Crippen LogP contribution in [-0.2, 0) is 10.0 Å². The van der Waals surface area contributed by atoms with Gasteiger partial charge in [0.2, 0.25) is 10.0 Å². The van der Waals surface area contributed by atoms with Crippen LogP contribution in [-0.4, -0.2) is 44.5 Å². The van der Waals surface area contributed by atoms with Crippen LogP contribution in [0.4, 0.5) is 0 Å². The van der Waals surface area contributed by atoms with Crippen LogP contribution < -0.4 is 4.72 Å². The Labute approximate surface area is 125 Å². The van der Waals surface area contributed by atoms with E-state index in [1.807, 2.05) is 14.1 Å². The molecule has 1 aromatic heterocycles. The molecule has 0 amide bonds. The van der Waals surface area contributed by atoms with E-state index >= 15 is 0 Å². The summed E-state index contributed by atoms with van der Waals surface area (Å²) in [7, 11) is 0.463. The van der Waals surface area contributed by atoms with Crippen LogP contribution in [0.3, 0.4) is 0 Å². The van der Waals surface area contributed by atoms with Gasteiger partial charge >= 0.3 is 0 Å². The van der Waals surface area contributed by atoms with Crippen molar-refractivity contribution in [2.45, 2.75) is 36.1 Å². The molecule has 0 spiro atoms. The van der Waals surface area contributed by atoms with Crippen LogP contribution in [0, 0.1) is 0 Å². The van der Waals surface area contributed by atoms with E-state index in [0.717, 1.165) is 25.7 Å². The number of nitrogens with one attached hydrogen (secondary N) is 1. The minimum absolute atomic E-state index is 0.0795. The monoisotopic (exact) mass is 317 g/mol. The van der Waals surface area contributed by atoms with E-state index in [1.54, 1.807) is 0 Å². The molecule has 1 aliphatic carbocycles. The Morgan fingerprint density at radius 1 is 1.40 bits per heavy atom. The van der Waals surface area contributed by atoms with E-state index in [4.69, 9.17) is 11.6 Å². The smallest absolute Gasteiger partial charge is 0.240 e. The van der Waals surface area contributed by atoms with Crippen LogP contribution in [0.5, 0.6) is 0 Å². The number of aromatic nitrogens is 1. The van der Waals surface area contributed by atoms with E-state index in [9.17, 15) is 8.42 Å². The first kappa shape index (κ1) is 15.7. The third-order valence-electron chi connectivity index (χ3n) is 4.08. The molecule has 5 nitrogen and oxygen atoms in total. The van der Waals surface area contributed by atoms with Crippen molar-refractivity contribution in [2.24, 2.45) is 0 Å². The fourth-order valence-corrected chi connectivity index (χ4v) is 4.05. The molecular weight excluding hydrogens is 298 g/mol. The minimum atomic E-state index is -3.54. The van der Waals surface area contributed by atoms with Crippen molar-refractivity contribution < 1.29 is 8.42 Å². The van der Waals surface area contributed by atoms with E-state index in [1.165, 1.54) is 18.3 Å². The third-order valence-corrected chi connectivity index (χ3v) is 5.69. The van der Waals surface area contributed by atoms with Gasteiger partial charge < -0.3 is 4.90 Å². The molecule has 1 saturated carbocycles. The molecule has 1 N–H and O–H groups in total. The standard InChI is InChI=1S/C13H20ClN3O2S/c1-17(2)13(6-3-4-7-13)10-16-20(18,19)11-5-8-15-12(14)9-11/h5,8-9,16H,3-4,6-7,10H2,1-2H3. The zero-order valence-electron chi connectivity index (χ0n) is 11.8. The van der Waals surface area contributed by atoms with Crippen LogP contribution in [0.2, 0.25) is 5.15 Å². The molecule has 1 aromatic rings. The lowest BCUT2D eigenvalue weighted by Crippen LogP contribution is -2.50. The Morgan fingerprint density at radius 3 is 2.60 bits per heavy atom. The summed E-state index contributed by atoms with van der Waals surface area (Å²) >= 11 is 5.74. The van der Waals surface area contributed by atoms with Gasteiger partial charge in [-0.3, -0.25) is 0 Å². The molecule has 7 heteroatoms. The summed E-state index contributed by atoms with van der Waals surface area (Å²) in [5.41, 5.74) is -0.0795. The average molecular weight is 318 g/mol. The van der Waals surface area contributed by atoms with Crippen molar-refractivity contribution in [3.05, 3.63) is 23.5 Å². The number of likely N-dealkylation sites (N-methyl/N-ethyl adjacent to an activating group) is 1. The summed E-state index contributed by atoms with van der Waals surface area (Å²) in [5.74, 6) is 0. The lowest BCUT2D eigenvalue weighted by molar-refractivity contribution is 0.162. The Balaban J connectivity index is 2.13. The second-order valence-electron chi connectivity index (χ2n) is 5.46. The predicted octanol–water partition coefficient (Wildman–Crippen LogP) is 1.89. The molecule has 1 fully saturated rings. The summed E-state index contributed by atoms with van der Waals surface area (Å²) in [5, 5.41) is 0.177. The Kier molecular flexibility index (Phi) is 4.69. The van der Waals surface area contributed by atoms with Crippen molar-refractivity contribution in [3.8, 4) is 0 Å². The highest BCUT2D eigenvalue weighted by atomic mass is 35.5. The van der Waals surface area contributed by atoms with Crippen LogP contribution in [0.25, 0.3) is 0 Å². The summed E-state index contributed by atoms with van der Waals surface area (Å²) in [4.78, 5) is 6.08. The lowest BCUT2D eigenvalue weighted by Gasteiger charge is -2.36. The predicted molar refractivity (Wildman–Crippen MR) is 79.3 cm³/mol. The van der Waals surface area contributed by atoms with Crippen LogP contribution in [0.1, 0.15) is 25.7 Å². The number of sulfonamides is 1. The summed E-state index contributed by atoms with van der Waals surface area (Å²) < 4.78 is 27.3. The van der Waals surface area contributed by atoms with Gasteiger partial charge in [0.15, 0.2) is 0 Å². The van der Waals surface area contributed by atoms with Gasteiger partial charge in [0.05, 0.1) is 4.90 Å². The molecule has 1 heterocycles. The number of halogens is 1. The highest BCUT2D eigenvalue weighted by Gasteiger charge is 2.36. The van der Waals surface area contributed by atoms with E-state index in [-0.39, 0.29) is 15.6 Å².